The summed E-state index contributed by atoms with van der Waals surface area (Å²) < 4.78 is 18.0. The van der Waals surface area contributed by atoms with Gasteiger partial charge in [0.25, 0.3) is 0 Å². The average molecular weight is 180 g/mol. The van der Waals surface area contributed by atoms with Crippen LogP contribution in [0.4, 0.5) is 4.39 Å². The Morgan fingerprint density at radius 1 is 1.54 bits per heavy atom. The smallest absolute Gasteiger partial charge is 0.152 e. The summed E-state index contributed by atoms with van der Waals surface area (Å²) >= 11 is 0. The molecule has 0 aromatic heterocycles. The zero-order valence-electron chi connectivity index (χ0n) is 7.00. The lowest BCUT2D eigenvalue weighted by Gasteiger charge is -2.03. The van der Waals surface area contributed by atoms with E-state index in [1.807, 2.05) is 0 Å². The van der Waals surface area contributed by atoms with Gasteiger partial charge in [-0.3, -0.25) is 4.79 Å². The molecule has 0 unspecified atom stereocenters. The summed E-state index contributed by atoms with van der Waals surface area (Å²) in [6.07, 6.45) is 2.03. The number of halogens is 1. The van der Waals surface area contributed by atoms with Crippen molar-refractivity contribution in [3.8, 4) is 5.75 Å². The van der Waals surface area contributed by atoms with E-state index in [1.165, 1.54) is 18.2 Å². The number of hydrogen-bond donors (Lipinski definition) is 0. The van der Waals surface area contributed by atoms with Crippen molar-refractivity contribution in [2.75, 3.05) is 6.61 Å². The first-order chi connectivity index (χ1) is 6.27. The van der Waals surface area contributed by atoms with Crippen molar-refractivity contribution in [3.05, 3.63) is 42.2 Å². The van der Waals surface area contributed by atoms with Crippen LogP contribution in [0.1, 0.15) is 10.4 Å². The third-order valence-corrected chi connectivity index (χ3v) is 1.47. The summed E-state index contributed by atoms with van der Waals surface area (Å²) in [7, 11) is 0. The van der Waals surface area contributed by atoms with Crippen molar-refractivity contribution in [2.24, 2.45) is 0 Å². The van der Waals surface area contributed by atoms with Crippen molar-refractivity contribution in [1.29, 1.82) is 0 Å². The molecule has 68 valence electrons. The first-order valence-corrected chi connectivity index (χ1v) is 3.76. The van der Waals surface area contributed by atoms with E-state index in [-0.39, 0.29) is 5.56 Å². The lowest BCUT2D eigenvalue weighted by molar-refractivity contribution is 0.112. The Bertz CT molecular complexity index is 321. The van der Waals surface area contributed by atoms with Crippen molar-refractivity contribution in [2.45, 2.75) is 0 Å². The van der Waals surface area contributed by atoms with Crippen LogP contribution < -0.4 is 4.74 Å². The Kier molecular flexibility index (Phi) is 3.20. The molecule has 0 saturated heterocycles. The fraction of sp³-hybridized carbons (Fsp3) is 0.100. The summed E-state index contributed by atoms with van der Waals surface area (Å²) in [5, 5.41) is 0. The first-order valence-electron chi connectivity index (χ1n) is 3.76. The molecule has 0 bridgehead atoms. The minimum atomic E-state index is -0.573. The third-order valence-electron chi connectivity index (χ3n) is 1.47. The predicted octanol–water partition coefficient (Wildman–Crippen LogP) is 2.20. The maximum Gasteiger partial charge on any atom is 0.152 e. The molecule has 13 heavy (non-hydrogen) atoms. The second kappa shape index (κ2) is 4.40. The van der Waals surface area contributed by atoms with E-state index >= 15 is 0 Å². The Labute approximate surface area is 75.6 Å². The highest BCUT2D eigenvalue weighted by Crippen LogP contribution is 2.15. The van der Waals surface area contributed by atoms with Crippen molar-refractivity contribution >= 4 is 6.29 Å². The van der Waals surface area contributed by atoms with Gasteiger partial charge in [0.05, 0.1) is 5.56 Å². The van der Waals surface area contributed by atoms with Gasteiger partial charge in [-0.2, -0.15) is 0 Å². The van der Waals surface area contributed by atoms with Gasteiger partial charge in [-0.1, -0.05) is 12.7 Å². The molecule has 3 heteroatoms. The van der Waals surface area contributed by atoms with E-state index in [1.54, 1.807) is 6.08 Å². The van der Waals surface area contributed by atoms with Crippen LogP contribution in [0.5, 0.6) is 5.75 Å². The second-order valence-electron chi connectivity index (χ2n) is 2.40. The normalized spacial score (nSPS) is 9.31. The summed E-state index contributed by atoms with van der Waals surface area (Å²) in [6.45, 7) is 3.78. The highest BCUT2D eigenvalue weighted by Gasteiger charge is 2.01. The topological polar surface area (TPSA) is 26.3 Å². The number of carbonyl (C=O) groups excluding carboxylic acids is 1. The monoisotopic (exact) mass is 180 g/mol. The van der Waals surface area contributed by atoms with Crippen LogP contribution in [0.3, 0.4) is 0 Å². The minimum Gasteiger partial charge on any atom is -0.489 e. The SMILES string of the molecule is C=CCOc1ccc(C=O)c(F)c1. The van der Waals surface area contributed by atoms with E-state index in [2.05, 4.69) is 6.58 Å². The second-order valence-corrected chi connectivity index (χ2v) is 2.40. The van der Waals surface area contributed by atoms with Crippen LogP contribution in [0, 0.1) is 5.82 Å². The molecular formula is C10H9FO2. The molecule has 0 aliphatic rings. The van der Waals surface area contributed by atoms with Gasteiger partial charge >= 0.3 is 0 Å². The summed E-state index contributed by atoms with van der Waals surface area (Å²) in [6, 6.07) is 4.09. The van der Waals surface area contributed by atoms with Crippen molar-refractivity contribution in [1.82, 2.24) is 0 Å². The van der Waals surface area contributed by atoms with E-state index in [4.69, 9.17) is 4.74 Å². The molecule has 1 rings (SSSR count). The van der Waals surface area contributed by atoms with Crippen LogP contribution in [0.15, 0.2) is 30.9 Å². The molecular weight excluding hydrogens is 171 g/mol. The molecule has 0 spiro atoms. The zero-order valence-corrected chi connectivity index (χ0v) is 7.00. The maximum absolute atomic E-state index is 12.9. The average Bonchev–Trinajstić information content (AvgIpc) is 2.15. The van der Waals surface area contributed by atoms with Crippen molar-refractivity contribution < 1.29 is 13.9 Å². The Morgan fingerprint density at radius 2 is 2.31 bits per heavy atom. The summed E-state index contributed by atoms with van der Waals surface area (Å²) in [4.78, 5) is 10.3. The van der Waals surface area contributed by atoms with Gasteiger partial charge in [0.1, 0.15) is 18.2 Å². The molecule has 0 N–H and O–H groups in total. The first kappa shape index (κ1) is 9.45. The Balaban J connectivity index is 2.82. The molecule has 0 aliphatic carbocycles. The van der Waals surface area contributed by atoms with Gasteiger partial charge in [0, 0.05) is 6.07 Å². The van der Waals surface area contributed by atoms with Gasteiger partial charge in [0.15, 0.2) is 6.29 Å². The fourth-order valence-electron chi connectivity index (χ4n) is 0.848. The number of aldehydes is 1. The molecule has 1 aromatic rings. The molecule has 0 radical (unpaired) electrons. The van der Waals surface area contributed by atoms with Crippen LogP contribution in [-0.2, 0) is 0 Å². The van der Waals surface area contributed by atoms with Gasteiger partial charge in [-0.15, -0.1) is 0 Å². The van der Waals surface area contributed by atoms with Crippen LogP contribution in [-0.4, -0.2) is 12.9 Å². The maximum atomic E-state index is 12.9. The standard InChI is InChI=1S/C10H9FO2/c1-2-5-13-9-4-3-8(7-12)10(11)6-9/h2-4,6-7H,1,5H2. The van der Waals surface area contributed by atoms with Crippen LogP contribution >= 0.6 is 0 Å². The molecule has 0 amide bonds. The number of rotatable bonds is 4. The summed E-state index contributed by atoms with van der Waals surface area (Å²) in [5.41, 5.74) is 0.0333. The highest BCUT2D eigenvalue weighted by molar-refractivity contribution is 5.75. The zero-order chi connectivity index (χ0) is 9.68. The quantitative estimate of drug-likeness (QED) is 0.524. The largest absolute Gasteiger partial charge is 0.489 e. The Morgan fingerprint density at radius 3 is 2.85 bits per heavy atom. The van der Waals surface area contributed by atoms with Gasteiger partial charge in [-0.25, -0.2) is 4.39 Å². The molecule has 0 saturated carbocycles. The van der Waals surface area contributed by atoms with E-state index in [9.17, 15) is 9.18 Å². The van der Waals surface area contributed by atoms with Gasteiger partial charge in [-0.05, 0) is 12.1 Å². The molecule has 0 fully saturated rings. The molecule has 2 nitrogen and oxygen atoms in total. The Hall–Kier alpha value is -1.64. The van der Waals surface area contributed by atoms with E-state index in [0.717, 1.165) is 0 Å². The number of ether oxygens (including phenoxy) is 1. The molecule has 1 aromatic carbocycles. The number of benzene rings is 1. The number of hydrogen-bond acceptors (Lipinski definition) is 2. The third kappa shape index (κ3) is 2.40. The molecule has 0 atom stereocenters. The fourth-order valence-corrected chi connectivity index (χ4v) is 0.848. The van der Waals surface area contributed by atoms with E-state index < -0.39 is 5.82 Å². The molecule has 0 heterocycles. The number of carbonyl (C=O) groups is 1. The van der Waals surface area contributed by atoms with Crippen LogP contribution in [0.2, 0.25) is 0 Å². The van der Waals surface area contributed by atoms with E-state index in [0.29, 0.717) is 18.6 Å². The summed E-state index contributed by atoms with van der Waals surface area (Å²) in [5.74, 6) is -0.181. The minimum absolute atomic E-state index is 0.0333. The highest BCUT2D eigenvalue weighted by atomic mass is 19.1. The molecule has 0 aliphatic heterocycles. The van der Waals surface area contributed by atoms with Gasteiger partial charge in [0.2, 0.25) is 0 Å². The van der Waals surface area contributed by atoms with Gasteiger partial charge < -0.3 is 4.74 Å². The van der Waals surface area contributed by atoms with Crippen molar-refractivity contribution in [3.63, 3.8) is 0 Å². The lowest BCUT2D eigenvalue weighted by atomic mass is 10.2. The van der Waals surface area contributed by atoms with Crippen LogP contribution in [0.25, 0.3) is 0 Å². The lowest BCUT2D eigenvalue weighted by Crippen LogP contribution is -1.95. The predicted molar refractivity (Wildman–Crippen MR) is 47.5 cm³/mol.